The first-order chi connectivity index (χ1) is 38.6. The van der Waals surface area contributed by atoms with Gasteiger partial charge in [-0.15, -0.1) is 12.3 Å². The monoisotopic (exact) mass is 1130 g/mol. The van der Waals surface area contributed by atoms with Gasteiger partial charge in [0, 0.05) is 77.2 Å². The number of aliphatic carboxylic acids is 1. The molecule has 27 nitrogen and oxygen atoms in total. The normalized spacial score (nSPS) is 23.2. The van der Waals surface area contributed by atoms with Crippen LogP contribution in [0.15, 0.2) is 54.0 Å². The van der Waals surface area contributed by atoms with Crippen molar-refractivity contribution in [2.24, 2.45) is 22.4 Å². The Morgan fingerprint density at radius 3 is 1.96 bits per heavy atom. The van der Waals surface area contributed by atoms with Crippen LogP contribution < -0.4 is 54.0 Å². The van der Waals surface area contributed by atoms with E-state index in [0.29, 0.717) is 24.0 Å². The maximum Gasteiger partial charge on any atom is 0.305 e. The summed E-state index contributed by atoms with van der Waals surface area (Å²) in [5.41, 5.74) is 12.2. The molecule has 2 saturated heterocycles. The van der Waals surface area contributed by atoms with Crippen molar-refractivity contribution in [2.45, 2.75) is 153 Å². The van der Waals surface area contributed by atoms with Crippen molar-refractivity contribution >= 4 is 71.0 Å². The number of nitrogens with two attached hydrogens (primary N) is 2. The summed E-state index contributed by atoms with van der Waals surface area (Å²) >= 11 is 0. The molecule has 0 bridgehead atoms. The van der Waals surface area contributed by atoms with E-state index in [1.54, 1.807) is 38.1 Å². The van der Waals surface area contributed by atoms with Crippen LogP contribution in [0.1, 0.15) is 103 Å². The number of nitrogens with zero attached hydrogens (tertiary/aromatic N) is 5. The molecule has 0 saturated carbocycles. The second kappa shape index (κ2) is 33.0. The van der Waals surface area contributed by atoms with Crippen molar-refractivity contribution in [3.05, 3.63) is 60.2 Å². The van der Waals surface area contributed by atoms with Gasteiger partial charge >= 0.3 is 5.97 Å². The molecule has 2 aromatic heterocycles. The first kappa shape index (κ1) is 64.8. The number of aromatic nitrogens is 2. The summed E-state index contributed by atoms with van der Waals surface area (Å²) in [5.74, 6) is -7.46. The molecule has 2 aliphatic rings. The van der Waals surface area contributed by atoms with Crippen LogP contribution >= 0.6 is 0 Å². The fourth-order valence-corrected chi connectivity index (χ4v) is 9.14. The summed E-state index contributed by atoms with van der Waals surface area (Å²) in [6.07, 6.45) is 11.6. The summed E-state index contributed by atoms with van der Waals surface area (Å²) in [6.45, 7) is 4.32. The molecule has 0 spiro atoms. The minimum Gasteiger partial charge on any atom is -0.481 e. The number of aliphatic imine (C=N–C) groups is 1. The van der Waals surface area contributed by atoms with Gasteiger partial charge in [0.05, 0.1) is 13.0 Å². The number of amides is 10. The summed E-state index contributed by atoms with van der Waals surface area (Å²) in [4.78, 5) is 167. The molecule has 13 N–H and O–H groups in total. The van der Waals surface area contributed by atoms with Gasteiger partial charge in [-0.3, -0.25) is 67.7 Å². The van der Waals surface area contributed by atoms with Crippen LogP contribution in [0.25, 0.3) is 0 Å². The second-order valence-electron chi connectivity index (χ2n) is 20.3. The molecule has 4 heterocycles. The molecular weight excluding hydrogens is 1050 g/mol. The van der Waals surface area contributed by atoms with Crippen LogP contribution in [0.2, 0.25) is 0 Å². The molecule has 0 radical (unpaired) electrons. The molecular formula is C54H77N15O12. The average molecular weight is 1130 g/mol. The van der Waals surface area contributed by atoms with Gasteiger partial charge in [0.2, 0.25) is 59.1 Å². The number of unbranched alkanes of at least 4 members (excludes halogenated alkanes) is 1. The molecule has 1 unspecified atom stereocenters. The minimum absolute atomic E-state index is 0.00719. The maximum atomic E-state index is 14.9. The van der Waals surface area contributed by atoms with Gasteiger partial charge in [0.25, 0.3) is 0 Å². The van der Waals surface area contributed by atoms with Crippen LogP contribution in [-0.2, 0) is 65.6 Å². The summed E-state index contributed by atoms with van der Waals surface area (Å²) < 4.78 is 0. The predicted octanol–water partition coefficient (Wildman–Crippen LogP) is -2.59. The standard InChI is InChI=1S/C54H77N15O12/c1-6-7-15-43(70)59-20-9-8-13-41-51(79)66-38(28-34-16-22-57-23-17-34)49(77)64-36(12-10-21-60-54(55)56)47(75)61-31-44(71)63-39(30-45(72)73)50(78)65-37(27-32(2)3)48(76)62-33(4)46(74)67-40(29-35-18-24-58-25-19-35)52(80)69-26-11-14-42(69)53(81)68(41)5/h1,16-19,22-25,32-33,36-42H,7-15,20-21,26-31H2,2-5H3,(H,59,70)(H,61,75)(H,62,76)(H,63,71)(H,64,77)(H,65,78)(H,66,79)(H,67,74)(H,72,73)(H4,55,56,60)/t33-,36-,37-,38-,39-,40-,41?,42+/m0/s1. The molecule has 0 aliphatic carbocycles. The highest BCUT2D eigenvalue weighted by Crippen LogP contribution is 2.24. The zero-order chi connectivity index (χ0) is 59.6. The number of nitrogens with one attached hydrogen (secondary N) is 8. The molecule has 10 amide bonds. The van der Waals surface area contributed by atoms with Gasteiger partial charge in [-0.25, -0.2) is 0 Å². The lowest BCUT2D eigenvalue weighted by atomic mass is 10.0. The SMILES string of the molecule is C#CCCC(=O)NCCCCC1C(=O)N[C@@H](Cc2ccncc2)C(=O)N[C@@H](CCCN=C(N)N)C(=O)NCC(=O)N[C@@H](CC(=O)O)C(=O)N[C@@H](CC(C)C)C(=O)N[C@@H](C)C(=O)N[C@@H](Cc2ccncc2)C(=O)N2CCC[C@@H]2C(=O)N1C. The third-order valence-electron chi connectivity index (χ3n) is 13.4. The number of carbonyl (C=O) groups excluding carboxylic acids is 10. The van der Waals surface area contributed by atoms with E-state index < -0.39 is 120 Å². The van der Waals surface area contributed by atoms with Gasteiger partial charge in [-0.1, -0.05) is 13.8 Å². The number of rotatable bonds is 19. The molecule has 440 valence electrons. The number of carboxylic acids is 1. The lowest BCUT2D eigenvalue weighted by Crippen LogP contribution is -2.60. The van der Waals surface area contributed by atoms with Crippen molar-refractivity contribution in [2.75, 3.05) is 33.2 Å². The van der Waals surface area contributed by atoms with Gasteiger partial charge < -0.3 is 68.9 Å². The van der Waals surface area contributed by atoms with E-state index in [0.717, 1.165) is 0 Å². The summed E-state index contributed by atoms with van der Waals surface area (Å²) in [5, 5.41) is 30.5. The Balaban J connectivity index is 1.82. The van der Waals surface area contributed by atoms with E-state index in [1.165, 1.54) is 48.6 Å². The number of hydrogen-bond acceptors (Lipinski definition) is 14. The fourth-order valence-electron chi connectivity index (χ4n) is 9.14. The zero-order valence-electron chi connectivity index (χ0n) is 46.2. The predicted molar refractivity (Wildman–Crippen MR) is 294 cm³/mol. The first-order valence-electron chi connectivity index (χ1n) is 27.0. The van der Waals surface area contributed by atoms with Crippen molar-refractivity contribution in [1.29, 1.82) is 0 Å². The highest BCUT2D eigenvalue weighted by atomic mass is 16.4. The van der Waals surface area contributed by atoms with E-state index >= 15 is 0 Å². The van der Waals surface area contributed by atoms with Crippen molar-refractivity contribution in [3.8, 4) is 12.3 Å². The largest absolute Gasteiger partial charge is 0.481 e. The molecule has 0 aromatic carbocycles. The lowest BCUT2D eigenvalue weighted by molar-refractivity contribution is -0.148. The number of carbonyl (C=O) groups is 11. The highest BCUT2D eigenvalue weighted by molar-refractivity contribution is 5.99. The Bertz CT molecular complexity index is 2600. The van der Waals surface area contributed by atoms with E-state index in [1.807, 2.05) is 0 Å². The Morgan fingerprint density at radius 2 is 1.35 bits per heavy atom. The number of pyridine rings is 2. The molecule has 2 aliphatic heterocycles. The topological polar surface area (TPSA) is 401 Å². The Kier molecular flexibility index (Phi) is 26.4. The van der Waals surface area contributed by atoms with E-state index in [9.17, 15) is 57.8 Å². The quantitative estimate of drug-likeness (QED) is 0.0298. The van der Waals surface area contributed by atoms with Crippen LogP contribution in [0.3, 0.4) is 0 Å². The van der Waals surface area contributed by atoms with Gasteiger partial charge in [0.1, 0.15) is 48.3 Å². The smallest absolute Gasteiger partial charge is 0.305 e. The zero-order valence-corrected chi connectivity index (χ0v) is 46.2. The third-order valence-corrected chi connectivity index (χ3v) is 13.4. The fraction of sp³-hybridized carbons (Fsp3) is 0.556. The van der Waals surface area contributed by atoms with Crippen LogP contribution in [0.4, 0.5) is 0 Å². The summed E-state index contributed by atoms with van der Waals surface area (Å²) in [7, 11) is 1.40. The maximum absolute atomic E-state index is 14.9. The van der Waals surface area contributed by atoms with Crippen LogP contribution in [0, 0.1) is 18.3 Å². The molecule has 8 atom stereocenters. The van der Waals surface area contributed by atoms with Crippen LogP contribution in [0.5, 0.6) is 0 Å². The van der Waals surface area contributed by atoms with Gasteiger partial charge in [0.15, 0.2) is 5.96 Å². The Hall–Kier alpha value is -8.70. The van der Waals surface area contributed by atoms with Crippen LogP contribution in [-0.4, -0.2) is 177 Å². The van der Waals surface area contributed by atoms with Crippen molar-refractivity contribution in [3.63, 3.8) is 0 Å². The molecule has 2 fully saturated rings. The van der Waals surface area contributed by atoms with Crippen molar-refractivity contribution < 1.29 is 57.8 Å². The minimum atomic E-state index is -1.78. The molecule has 2 aromatic rings. The van der Waals surface area contributed by atoms with Gasteiger partial charge in [-0.05, 0) is 99.6 Å². The number of fused-ring (bicyclic) bond motifs is 1. The van der Waals surface area contributed by atoms with Crippen molar-refractivity contribution in [1.82, 2.24) is 62.3 Å². The highest BCUT2D eigenvalue weighted by Gasteiger charge is 2.42. The first-order valence-corrected chi connectivity index (χ1v) is 27.0. The number of carboxylic acid groups (broad SMARTS) is 1. The number of hydrogen-bond donors (Lipinski definition) is 11. The third kappa shape index (κ3) is 21.8. The van der Waals surface area contributed by atoms with E-state index in [2.05, 4.69) is 63.4 Å². The number of guanidine groups is 1. The van der Waals surface area contributed by atoms with E-state index in [4.69, 9.17) is 17.9 Å². The second-order valence-corrected chi connectivity index (χ2v) is 20.3. The molecule has 27 heteroatoms. The Labute approximate surface area is 470 Å². The molecule has 4 rings (SSSR count). The van der Waals surface area contributed by atoms with E-state index in [-0.39, 0.29) is 102 Å². The summed E-state index contributed by atoms with van der Waals surface area (Å²) in [6, 6.07) is -4.58. The van der Waals surface area contributed by atoms with Gasteiger partial charge in [-0.2, -0.15) is 0 Å². The number of terminal acetylenes is 1. The Morgan fingerprint density at radius 1 is 0.753 bits per heavy atom. The number of likely N-dealkylation sites (N-methyl/N-ethyl adjacent to an activating group) is 1. The molecule has 81 heavy (non-hydrogen) atoms. The lowest BCUT2D eigenvalue weighted by Gasteiger charge is -2.35. The average Bonchev–Trinajstić information content (AvgIpc) is 4.01.